The van der Waals surface area contributed by atoms with E-state index in [1.54, 1.807) is 16.7 Å². The fourth-order valence-corrected chi connectivity index (χ4v) is 4.59. The number of rotatable bonds is 5. The molecule has 0 radical (unpaired) electrons. The summed E-state index contributed by atoms with van der Waals surface area (Å²) < 4.78 is 0. The van der Waals surface area contributed by atoms with Gasteiger partial charge in [0.25, 0.3) is 0 Å². The molecule has 0 spiro atoms. The lowest BCUT2D eigenvalue weighted by molar-refractivity contribution is -0.140. The molecular formula is C19H27N3O2S. The lowest BCUT2D eigenvalue weighted by atomic mass is 9.94. The fourth-order valence-electron chi connectivity index (χ4n) is 3.43. The van der Waals surface area contributed by atoms with E-state index in [-0.39, 0.29) is 29.8 Å². The van der Waals surface area contributed by atoms with Crippen molar-refractivity contribution >= 4 is 23.6 Å². The predicted molar refractivity (Wildman–Crippen MR) is 101 cm³/mol. The predicted octanol–water partition coefficient (Wildman–Crippen LogP) is 1.94. The van der Waals surface area contributed by atoms with Gasteiger partial charge in [0.1, 0.15) is 6.04 Å². The van der Waals surface area contributed by atoms with Crippen molar-refractivity contribution < 1.29 is 9.59 Å². The van der Waals surface area contributed by atoms with Crippen molar-refractivity contribution in [3.05, 3.63) is 35.4 Å². The SMILES string of the molecule is CCC(C)C(=O)N1CSCC1C(=O)NCC1NCCc2ccccc21. The Morgan fingerprint density at radius 1 is 1.40 bits per heavy atom. The number of hydrogen-bond acceptors (Lipinski definition) is 4. The Morgan fingerprint density at radius 2 is 2.20 bits per heavy atom. The van der Waals surface area contributed by atoms with Gasteiger partial charge in [0.15, 0.2) is 0 Å². The molecule has 136 valence electrons. The van der Waals surface area contributed by atoms with Gasteiger partial charge in [-0.3, -0.25) is 9.59 Å². The highest BCUT2D eigenvalue weighted by Crippen LogP contribution is 2.25. The third-order valence-corrected chi connectivity index (χ3v) is 6.21. The third kappa shape index (κ3) is 4.01. The highest BCUT2D eigenvalue weighted by atomic mass is 32.2. The molecule has 2 N–H and O–H groups in total. The zero-order valence-corrected chi connectivity index (χ0v) is 15.8. The van der Waals surface area contributed by atoms with Gasteiger partial charge < -0.3 is 15.5 Å². The minimum atomic E-state index is -0.342. The topological polar surface area (TPSA) is 61.4 Å². The van der Waals surface area contributed by atoms with E-state index in [1.165, 1.54) is 11.1 Å². The number of carbonyl (C=O) groups is 2. The van der Waals surface area contributed by atoms with Crippen LogP contribution in [0.4, 0.5) is 0 Å². The zero-order valence-electron chi connectivity index (χ0n) is 15.0. The second-order valence-electron chi connectivity index (χ2n) is 6.83. The summed E-state index contributed by atoms with van der Waals surface area (Å²) in [6, 6.07) is 8.19. The highest BCUT2D eigenvalue weighted by molar-refractivity contribution is 7.99. The van der Waals surface area contributed by atoms with Crippen molar-refractivity contribution in [2.45, 2.75) is 38.8 Å². The average molecular weight is 362 g/mol. The van der Waals surface area contributed by atoms with Gasteiger partial charge in [0.2, 0.25) is 11.8 Å². The quantitative estimate of drug-likeness (QED) is 0.841. The van der Waals surface area contributed by atoms with Crippen LogP contribution in [0.3, 0.4) is 0 Å². The maximum Gasteiger partial charge on any atom is 0.243 e. The summed E-state index contributed by atoms with van der Waals surface area (Å²) in [6.45, 7) is 5.42. The molecule has 1 aromatic rings. The van der Waals surface area contributed by atoms with Gasteiger partial charge in [0, 0.05) is 24.3 Å². The van der Waals surface area contributed by atoms with E-state index < -0.39 is 0 Å². The summed E-state index contributed by atoms with van der Waals surface area (Å²) in [7, 11) is 0. The number of fused-ring (bicyclic) bond motifs is 1. The van der Waals surface area contributed by atoms with Crippen LogP contribution in [0.25, 0.3) is 0 Å². The largest absolute Gasteiger partial charge is 0.352 e. The molecule has 3 unspecified atom stereocenters. The maximum atomic E-state index is 12.7. The molecule has 25 heavy (non-hydrogen) atoms. The molecule has 6 heteroatoms. The highest BCUT2D eigenvalue weighted by Gasteiger charge is 2.36. The number of carbonyl (C=O) groups excluding carboxylic acids is 2. The number of nitrogens with one attached hydrogen (secondary N) is 2. The van der Waals surface area contributed by atoms with Gasteiger partial charge in [-0.15, -0.1) is 11.8 Å². The number of nitrogens with zero attached hydrogens (tertiary/aromatic N) is 1. The Bertz CT molecular complexity index is 637. The smallest absolute Gasteiger partial charge is 0.243 e. The molecule has 2 aliphatic rings. The summed E-state index contributed by atoms with van der Waals surface area (Å²) in [5.41, 5.74) is 2.62. The lowest BCUT2D eigenvalue weighted by Crippen LogP contribution is -2.50. The first-order chi connectivity index (χ1) is 12.1. The third-order valence-electron chi connectivity index (χ3n) is 5.20. The van der Waals surface area contributed by atoms with Crippen LogP contribution in [0, 0.1) is 5.92 Å². The molecule has 1 fully saturated rings. The molecule has 1 saturated heterocycles. The Labute approximate surface area is 153 Å². The minimum absolute atomic E-state index is 0.0270. The van der Waals surface area contributed by atoms with E-state index >= 15 is 0 Å². The van der Waals surface area contributed by atoms with E-state index in [0.717, 1.165) is 19.4 Å². The molecule has 3 atom stereocenters. The Balaban J connectivity index is 1.60. The molecule has 0 aliphatic carbocycles. The van der Waals surface area contributed by atoms with Crippen LogP contribution >= 0.6 is 11.8 Å². The van der Waals surface area contributed by atoms with Crippen LogP contribution in [-0.4, -0.2) is 47.5 Å². The van der Waals surface area contributed by atoms with Gasteiger partial charge in [-0.2, -0.15) is 0 Å². The van der Waals surface area contributed by atoms with Crippen molar-refractivity contribution in [3.8, 4) is 0 Å². The Kier molecular flexibility index (Phi) is 6.02. The Morgan fingerprint density at radius 3 is 3.00 bits per heavy atom. The van der Waals surface area contributed by atoms with Gasteiger partial charge in [-0.25, -0.2) is 0 Å². The van der Waals surface area contributed by atoms with E-state index in [2.05, 4.69) is 28.8 Å². The molecule has 0 bridgehead atoms. The number of benzene rings is 1. The molecule has 0 saturated carbocycles. The number of amides is 2. The standard InChI is InChI=1S/C19H27N3O2S/c1-3-13(2)19(24)22-12-25-11-17(22)18(23)21-10-16-15-7-5-4-6-14(15)8-9-20-16/h4-7,13,16-17,20H,3,8-12H2,1-2H3,(H,21,23). The van der Waals surface area contributed by atoms with E-state index in [9.17, 15) is 9.59 Å². The van der Waals surface area contributed by atoms with Crippen molar-refractivity contribution in [3.63, 3.8) is 0 Å². The summed E-state index contributed by atoms with van der Waals surface area (Å²) in [5, 5.41) is 6.55. The molecule has 2 amide bonds. The first-order valence-corrected chi connectivity index (χ1v) is 10.2. The van der Waals surface area contributed by atoms with Crippen LogP contribution in [-0.2, 0) is 16.0 Å². The van der Waals surface area contributed by atoms with Crippen LogP contribution in [0.5, 0.6) is 0 Å². The average Bonchev–Trinajstić information content (AvgIpc) is 3.14. The second kappa shape index (κ2) is 8.23. The number of hydrogen-bond donors (Lipinski definition) is 2. The molecule has 2 aliphatic heterocycles. The minimum Gasteiger partial charge on any atom is -0.352 e. The van der Waals surface area contributed by atoms with E-state index in [1.807, 2.05) is 19.9 Å². The molecule has 3 rings (SSSR count). The van der Waals surface area contributed by atoms with Gasteiger partial charge in [-0.05, 0) is 30.5 Å². The van der Waals surface area contributed by atoms with E-state index in [0.29, 0.717) is 18.2 Å². The van der Waals surface area contributed by atoms with Gasteiger partial charge in [-0.1, -0.05) is 38.1 Å². The lowest BCUT2D eigenvalue weighted by Gasteiger charge is -2.29. The van der Waals surface area contributed by atoms with E-state index in [4.69, 9.17) is 0 Å². The van der Waals surface area contributed by atoms with Gasteiger partial charge in [0.05, 0.1) is 5.88 Å². The second-order valence-corrected chi connectivity index (χ2v) is 7.83. The molecule has 1 aromatic carbocycles. The van der Waals surface area contributed by atoms with Crippen molar-refractivity contribution in [2.24, 2.45) is 5.92 Å². The first-order valence-electron chi connectivity index (χ1n) is 9.09. The molecule has 5 nitrogen and oxygen atoms in total. The van der Waals surface area contributed by atoms with Gasteiger partial charge >= 0.3 is 0 Å². The monoisotopic (exact) mass is 361 g/mol. The maximum absolute atomic E-state index is 12.7. The van der Waals surface area contributed by atoms with Crippen LogP contribution < -0.4 is 10.6 Å². The van der Waals surface area contributed by atoms with Crippen molar-refractivity contribution in [2.75, 3.05) is 24.7 Å². The summed E-state index contributed by atoms with van der Waals surface area (Å²) in [4.78, 5) is 26.9. The van der Waals surface area contributed by atoms with Crippen LogP contribution in [0.15, 0.2) is 24.3 Å². The van der Waals surface area contributed by atoms with Crippen molar-refractivity contribution in [1.29, 1.82) is 0 Å². The summed E-state index contributed by atoms with van der Waals surface area (Å²) >= 11 is 1.65. The van der Waals surface area contributed by atoms with Crippen LogP contribution in [0.1, 0.15) is 37.4 Å². The Hall–Kier alpha value is -1.53. The van der Waals surface area contributed by atoms with Crippen LogP contribution in [0.2, 0.25) is 0 Å². The summed E-state index contributed by atoms with van der Waals surface area (Å²) in [5.74, 6) is 1.33. The summed E-state index contributed by atoms with van der Waals surface area (Å²) in [6.07, 6.45) is 1.83. The molecular weight excluding hydrogens is 334 g/mol. The van der Waals surface area contributed by atoms with Crippen molar-refractivity contribution in [1.82, 2.24) is 15.5 Å². The zero-order chi connectivity index (χ0) is 17.8. The normalized spacial score (nSPS) is 23.8. The first kappa shape index (κ1) is 18.3. The fraction of sp³-hybridized carbons (Fsp3) is 0.579. The molecule has 2 heterocycles. The molecule has 0 aromatic heterocycles. The number of thioether (sulfide) groups is 1.